The standard InChI is InChI=1S/C30H28ClN5O/c1-19-11-12-22(13-20(19)2)15-29(37)34-24-8-6-7-23(14-24)18-32-28-16-27(25-9-4-5-10-26(25)31)35-30-21(3)17-33-36(28)30/h4-14,16-17,32H,15,18H2,1-3H3,(H,34,37). The number of nitrogens with zero attached hydrogens (tertiary/aromatic N) is 3. The fourth-order valence-electron chi connectivity index (χ4n) is 4.26. The summed E-state index contributed by atoms with van der Waals surface area (Å²) in [5, 5.41) is 11.7. The molecule has 0 bridgehead atoms. The molecule has 0 spiro atoms. The number of fused-ring (bicyclic) bond motifs is 1. The molecule has 0 saturated heterocycles. The average Bonchev–Trinajstić information content (AvgIpc) is 3.26. The van der Waals surface area contributed by atoms with Gasteiger partial charge in [0.1, 0.15) is 5.82 Å². The maximum absolute atomic E-state index is 12.7. The Hall–Kier alpha value is -4.16. The van der Waals surface area contributed by atoms with Crippen molar-refractivity contribution in [3.8, 4) is 11.3 Å². The van der Waals surface area contributed by atoms with Crippen molar-refractivity contribution in [2.45, 2.75) is 33.7 Å². The first-order valence-electron chi connectivity index (χ1n) is 12.2. The molecule has 0 saturated carbocycles. The van der Waals surface area contributed by atoms with Crippen LogP contribution >= 0.6 is 11.6 Å². The van der Waals surface area contributed by atoms with Crippen LogP contribution in [-0.2, 0) is 17.8 Å². The Morgan fingerprint density at radius 3 is 2.54 bits per heavy atom. The molecular formula is C30H28ClN5O. The Balaban J connectivity index is 1.33. The monoisotopic (exact) mass is 509 g/mol. The molecule has 1 amide bonds. The molecule has 186 valence electrons. The van der Waals surface area contributed by atoms with Crippen LogP contribution in [0.15, 0.2) is 79.0 Å². The van der Waals surface area contributed by atoms with Crippen LogP contribution in [0, 0.1) is 20.8 Å². The molecule has 0 radical (unpaired) electrons. The molecule has 0 atom stereocenters. The van der Waals surface area contributed by atoms with Crippen molar-refractivity contribution in [3.63, 3.8) is 0 Å². The van der Waals surface area contributed by atoms with Crippen LogP contribution in [0.4, 0.5) is 11.5 Å². The summed E-state index contributed by atoms with van der Waals surface area (Å²) in [5.41, 5.74) is 8.59. The zero-order valence-corrected chi connectivity index (χ0v) is 21.8. The minimum absolute atomic E-state index is 0.0411. The van der Waals surface area contributed by atoms with Gasteiger partial charge < -0.3 is 10.6 Å². The van der Waals surface area contributed by atoms with E-state index in [4.69, 9.17) is 16.6 Å². The smallest absolute Gasteiger partial charge is 0.228 e. The number of aromatic nitrogens is 3. The highest BCUT2D eigenvalue weighted by Crippen LogP contribution is 2.29. The van der Waals surface area contributed by atoms with Crippen LogP contribution in [0.1, 0.15) is 27.8 Å². The van der Waals surface area contributed by atoms with Gasteiger partial charge in [0.2, 0.25) is 5.91 Å². The van der Waals surface area contributed by atoms with E-state index >= 15 is 0 Å². The first-order valence-corrected chi connectivity index (χ1v) is 12.5. The van der Waals surface area contributed by atoms with E-state index in [0.29, 0.717) is 18.0 Å². The van der Waals surface area contributed by atoms with Crippen molar-refractivity contribution < 1.29 is 4.79 Å². The lowest BCUT2D eigenvalue weighted by Gasteiger charge is -2.13. The molecule has 5 aromatic rings. The predicted molar refractivity (Wildman–Crippen MR) is 150 cm³/mol. The first-order chi connectivity index (χ1) is 17.9. The number of rotatable bonds is 7. The largest absolute Gasteiger partial charge is 0.366 e. The third kappa shape index (κ3) is 5.49. The van der Waals surface area contributed by atoms with E-state index in [9.17, 15) is 4.79 Å². The average molecular weight is 510 g/mol. The van der Waals surface area contributed by atoms with E-state index in [1.165, 1.54) is 11.1 Å². The van der Waals surface area contributed by atoms with Crippen molar-refractivity contribution in [3.05, 3.63) is 112 Å². The number of anilines is 2. The molecule has 6 nitrogen and oxygen atoms in total. The van der Waals surface area contributed by atoms with Gasteiger partial charge in [-0.3, -0.25) is 4.79 Å². The van der Waals surface area contributed by atoms with Gasteiger partial charge in [-0.15, -0.1) is 0 Å². The van der Waals surface area contributed by atoms with Gasteiger partial charge in [-0.25, -0.2) is 4.98 Å². The lowest BCUT2D eigenvalue weighted by Crippen LogP contribution is -2.15. The molecule has 0 aliphatic carbocycles. The highest BCUT2D eigenvalue weighted by Gasteiger charge is 2.13. The van der Waals surface area contributed by atoms with Crippen molar-refractivity contribution >= 4 is 34.7 Å². The van der Waals surface area contributed by atoms with E-state index in [2.05, 4.69) is 41.7 Å². The van der Waals surface area contributed by atoms with Gasteiger partial charge in [-0.2, -0.15) is 9.61 Å². The fourth-order valence-corrected chi connectivity index (χ4v) is 4.49. The van der Waals surface area contributed by atoms with E-state index in [0.717, 1.165) is 45.1 Å². The van der Waals surface area contributed by atoms with Crippen LogP contribution in [0.5, 0.6) is 0 Å². The van der Waals surface area contributed by atoms with E-state index in [1.54, 1.807) is 10.7 Å². The first kappa shape index (κ1) is 24.5. The third-order valence-corrected chi connectivity index (χ3v) is 6.75. The van der Waals surface area contributed by atoms with Crippen LogP contribution in [0.3, 0.4) is 0 Å². The molecule has 3 aromatic carbocycles. The molecule has 37 heavy (non-hydrogen) atoms. The van der Waals surface area contributed by atoms with Crippen molar-refractivity contribution in [2.75, 3.05) is 10.6 Å². The van der Waals surface area contributed by atoms with Crippen molar-refractivity contribution in [1.29, 1.82) is 0 Å². The Morgan fingerprint density at radius 2 is 1.73 bits per heavy atom. The summed E-state index contributed by atoms with van der Waals surface area (Å²) in [6.45, 7) is 6.66. The molecule has 2 heterocycles. The zero-order chi connectivity index (χ0) is 25.9. The summed E-state index contributed by atoms with van der Waals surface area (Å²) in [5.74, 6) is 0.762. The number of hydrogen-bond donors (Lipinski definition) is 2. The number of amides is 1. The van der Waals surface area contributed by atoms with Gasteiger partial charge in [0.15, 0.2) is 5.65 Å². The molecule has 5 rings (SSSR count). The maximum Gasteiger partial charge on any atom is 0.228 e. The van der Waals surface area contributed by atoms with Gasteiger partial charge in [-0.1, -0.05) is 60.1 Å². The second kappa shape index (κ2) is 10.4. The van der Waals surface area contributed by atoms with E-state index in [1.807, 2.05) is 67.6 Å². The summed E-state index contributed by atoms with van der Waals surface area (Å²) in [6.07, 6.45) is 2.14. The van der Waals surface area contributed by atoms with Gasteiger partial charge in [0.25, 0.3) is 0 Å². The normalized spacial score (nSPS) is 11.0. The number of nitrogens with one attached hydrogen (secondary N) is 2. The number of carbonyl (C=O) groups excluding carboxylic acids is 1. The van der Waals surface area contributed by atoms with Crippen LogP contribution < -0.4 is 10.6 Å². The molecule has 0 aliphatic rings. The maximum atomic E-state index is 12.7. The Labute approximate surface area is 221 Å². The molecule has 0 fully saturated rings. The number of aryl methyl sites for hydroxylation is 3. The minimum atomic E-state index is -0.0411. The van der Waals surface area contributed by atoms with Gasteiger partial charge in [-0.05, 0) is 61.2 Å². The SMILES string of the molecule is Cc1ccc(CC(=O)Nc2cccc(CNc3cc(-c4ccccc4Cl)nc4c(C)cnn34)c2)cc1C. The van der Waals surface area contributed by atoms with E-state index in [-0.39, 0.29) is 5.91 Å². The molecule has 2 aromatic heterocycles. The van der Waals surface area contributed by atoms with Crippen molar-refractivity contribution in [2.24, 2.45) is 0 Å². The molecule has 0 aliphatic heterocycles. The molecule has 0 unspecified atom stereocenters. The highest BCUT2D eigenvalue weighted by atomic mass is 35.5. The fraction of sp³-hybridized carbons (Fsp3) is 0.167. The van der Waals surface area contributed by atoms with Crippen LogP contribution in [0.2, 0.25) is 5.02 Å². The predicted octanol–water partition coefficient (Wildman–Crippen LogP) is 6.77. The second-order valence-electron chi connectivity index (χ2n) is 9.27. The lowest BCUT2D eigenvalue weighted by atomic mass is 10.0. The minimum Gasteiger partial charge on any atom is -0.366 e. The lowest BCUT2D eigenvalue weighted by molar-refractivity contribution is -0.115. The van der Waals surface area contributed by atoms with Gasteiger partial charge in [0.05, 0.1) is 18.3 Å². The summed E-state index contributed by atoms with van der Waals surface area (Å²) < 4.78 is 1.80. The van der Waals surface area contributed by atoms with Crippen LogP contribution in [-0.4, -0.2) is 20.5 Å². The Bertz CT molecular complexity index is 1610. The zero-order valence-electron chi connectivity index (χ0n) is 21.0. The molecule has 7 heteroatoms. The molecular weight excluding hydrogens is 482 g/mol. The van der Waals surface area contributed by atoms with Crippen LogP contribution in [0.25, 0.3) is 16.9 Å². The number of halogens is 1. The van der Waals surface area contributed by atoms with E-state index < -0.39 is 0 Å². The third-order valence-electron chi connectivity index (χ3n) is 6.42. The van der Waals surface area contributed by atoms with Crippen molar-refractivity contribution in [1.82, 2.24) is 14.6 Å². The Morgan fingerprint density at radius 1 is 0.892 bits per heavy atom. The van der Waals surface area contributed by atoms with Gasteiger partial charge >= 0.3 is 0 Å². The second-order valence-corrected chi connectivity index (χ2v) is 9.67. The Kier molecular flexibility index (Phi) is 6.93. The van der Waals surface area contributed by atoms with Gasteiger partial charge in [0, 0.05) is 34.4 Å². The number of hydrogen-bond acceptors (Lipinski definition) is 4. The number of benzene rings is 3. The summed E-state index contributed by atoms with van der Waals surface area (Å²) in [4.78, 5) is 17.5. The summed E-state index contributed by atoms with van der Waals surface area (Å²) in [7, 11) is 0. The topological polar surface area (TPSA) is 71.3 Å². The summed E-state index contributed by atoms with van der Waals surface area (Å²) in [6, 6.07) is 23.6. The number of carbonyl (C=O) groups is 1. The molecule has 2 N–H and O–H groups in total. The summed E-state index contributed by atoms with van der Waals surface area (Å²) >= 11 is 6.46. The quantitative estimate of drug-likeness (QED) is 0.254. The highest BCUT2D eigenvalue weighted by molar-refractivity contribution is 6.33.